The van der Waals surface area contributed by atoms with Crippen LogP contribution in [0.25, 0.3) is 0 Å². The van der Waals surface area contributed by atoms with Crippen LogP contribution in [0.15, 0.2) is 0 Å². The maximum Gasteiger partial charge on any atom is 1.00 e. The second-order valence-corrected chi connectivity index (χ2v) is 0.346. The molecule has 0 heterocycles. The minimum absolute atomic E-state index is 0. The molecule has 0 fully saturated rings. The molecule has 0 aromatic heterocycles. The summed E-state index contributed by atoms with van der Waals surface area (Å²) in [5, 5.41) is 21.5. The summed E-state index contributed by atoms with van der Waals surface area (Å²) in [6.45, 7) is 0. The van der Waals surface area contributed by atoms with E-state index in [4.69, 9.17) is 19.7 Å². The van der Waals surface area contributed by atoms with Crippen LogP contribution < -0.4 is 29.6 Å². The first-order valence-electron chi connectivity index (χ1n) is 0.944. The van der Waals surface area contributed by atoms with E-state index in [0.29, 0.717) is 0 Å². The SMILES string of the molecule is OB(O)O.OCl.[H-].[Na+]. The number of hydrogen-bond acceptors (Lipinski definition) is 4. The maximum absolute atomic E-state index is 7.17. The molecule has 7 heteroatoms. The molecule has 7 heavy (non-hydrogen) atoms. The van der Waals surface area contributed by atoms with Crippen molar-refractivity contribution in [3.05, 3.63) is 0 Å². The molecule has 0 aliphatic heterocycles. The average molecular weight is 138 g/mol. The molecular formula is H5BClNaO4. The van der Waals surface area contributed by atoms with Crippen molar-refractivity contribution in [2.24, 2.45) is 0 Å². The van der Waals surface area contributed by atoms with Crippen LogP contribution in [0.4, 0.5) is 0 Å². The fourth-order valence-electron chi connectivity index (χ4n) is 0. The van der Waals surface area contributed by atoms with Gasteiger partial charge in [0.25, 0.3) is 0 Å². The van der Waals surface area contributed by atoms with E-state index in [-0.39, 0.29) is 31.0 Å². The summed E-state index contributed by atoms with van der Waals surface area (Å²) < 4.78 is 6.47. The minimum Gasteiger partial charge on any atom is -1.00 e. The summed E-state index contributed by atoms with van der Waals surface area (Å²) in [5.41, 5.74) is 0. The molecule has 0 unspecified atom stereocenters. The number of rotatable bonds is 0. The van der Waals surface area contributed by atoms with E-state index in [1.54, 1.807) is 0 Å². The minimum atomic E-state index is -2.17. The predicted molar refractivity (Wildman–Crippen MR) is 21.6 cm³/mol. The molecule has 4 N–H and O–H groups in total. The first-order chi connectivity index (χ1) is 2.73. The van der Waals surface area contributed by atoms with Crippen molar-refractivity contribution in [1.82, 2.24) is 0 Å². The van der Waals surface area contributed by atoms with E-state index in [2.05, 4.69) is 11.9 Å². The van der Waals surface area contributed by atoms with Crippen LogP contribution in [0.2, 0.25) is 0 Å². The van der Waals surface area contributed by atoms with E-state index >= 15 is 0 Å². The van der Waals surface area contributed by atoms with Gasteiger partial charge in [-0.25, -0.2) is 0 Å². The Morgan fingerprint density at radius 2 is 1.14 bits per heavy atom. The van der Waals surface area contributed by atoms with Gasteiger partial charge in [0.1, 0.15) is 0 Å². The molecule has 0 saturated carbocycles. The van der Waals surface area contributed by atoms with Crippen LogP contribution in [0.3, 0.4) is 0 Å². The van der Waals surface area contributed by atoms with Gasteiger partial charge in [0.2, 0.25) is 0 Å². The van der Waals surface area contributed by atoms with Gasteiger partial charge >= 0.3 is 36.9 Å². The molecule has 0 aliphatic carbocycles. The summed E-state index contributed by atoms with van der Waals surface area (Å²) in [6, 6.07) is 0. The first kappa shape index (κ1) is 15.7. The van der Waals surface area contributed by atoms with Crippen molar-refractivity contribution in [3.8, 4) is 0 Å². The second kappa shape index (κ2) is 15.7. The summed E-state index contributed by atoms with van der Waals surface area (Å²) in [4.78, 5) is 0. The Kier molecular flexibility index (Phi) is 35.2. The third kappa shape index (κ3) is 136. The Hall–Kier alpha value is 1.19. The molecule has 40 valence electrons. The van der Waals surface area contributed by atoms with Crippen molar-refractivity contribution in [1.29, 1.82) is 0 Å². The summed E-state index contributed by atoms with van der Waals surface area (Å²) in [6.07, 6.45) is 0. The van der Waals surface area contributed by atoms with E-state index in [1.807, 2.05) is 0 Å². The molecule has 0 saturated heterocycles. The van der Waals surface area contributed by atoms with Gasteiger partial charge in [-0.3, -0.25) is 4.66 Å². The fraction of sp³-hybridized carbons (Fsp3) is 0. The molecule has 0 radical (unpaired) electrons. The third-order valence-electron chi connectivity index (χ3n) is 0. The van der Waals surface area contributed by atoms with E-state index < -0.39 is 7.32 Å². The Morgan fingerprint density at radius 1 is 1.14 bits per heavy atom. The van der Waals surface area contributed by atoms with Crippen LogP contribution in [0, 0.1) is 0 Å². The molecule has 0 amide bonds. The number of halogens is 1. The van der Waals surface area contributed by atoms with Crippen molar-refractivity contribution in [2.45, 2.75) is 0 Å². The van der Waals surface area contributed by atoms with Gasteiger partial charge in [-0.1, -0.05) is 0 Å². The zero-order valence-corrected chi connectivity index (χ0v) is 6.50. The van der Waals surface area contributed by atoms with Crippen molar-refractivity contribution >= 4 is 19.2 Å². The molecule has 0 atom stereocenters. The van der Waals surface area contributed by atoms with Gasteiger partial charge in [-0.05, 0) is 0 Å². The molecule has 0 aliphatic rings. The van der Waals surface area contributed by atoms with Gasteiger partial charge < -0.3 is 16.5 Å². The second-order valence-electron chi connectivity index (χ2n) is 0.346. The number of hydrogen-bond donors (Lipinski definition) is 4. The van der Waals surface area contributed by atoms with Crippen LogP contribution in [0.5, 0.6) is 0 Å². The molecule has 0 bridgehead atoms. The Morgan fingerprint density at radius 3 is 1.14 bits per heavy atom. The Bertz CT molecular complexity index is 20.8. The topological polar surface area (TPSA) is 80.9 Å². The zero-order valence-electron chi connectivity index (χ0n) is 4.74. The van der Waals surface area contributed by atoms with Crippen LogP contribution in [-0.2, 0) is 0 Å². The Labute approximate surface area is 69.9 Å². The van der Waals surface area contributed by atoms with E-state index in [0.717, 1.165) is 0 Å². The van der Waals surface area contributed by atoms with Gasteiger partial charge in [0.15, 0.2) is 0 Å². The van der Waals surface area contributed by atoms with Crippen molar-refractivity contribution in [2.75, 3.05) is 0 Å². The van der Waals surface area contributed by atoms with Crippen LogP contribution in [0.1, 0.15) is 1.43 Å². The van der Waals surface area contributed by atoms with Gasteiger partial charge in [-0.2, -0.15) is 0 Å². The predicted octanol–water partition coefficient (Wildman–Crippen LogP) is -4.80. The molecular weight excluding hydrogens is 133 g/mol. The molecule has 0 aromatic carbocycles. The summed E-state index contributed by atoms with van der Waals surface area (Å²) in [5.74, 6) is 0. The van der Waals surface area contributed by atoms with E-state index in [9.17, 15) is 0 Å². The molecule has 0 rings (SSSR count). The normalized spacial score (nSPS) is 4.71. The zero-order chi connectivity index (χ0) is 5.58. The first-order valence-corrected chi connectivity index (χ1v) is 1.28. The van der Waals surface area contributed by atoms with Gasteiger partial charge in [-0.15, -0.1) is 0 Å². The van der Waals surface area contributed by atoms with Crippen LogP contribution in [-0.4, -0.2) is 27.1 Å². The molecule has 4 nitrogen and oxygen atoms in total. The standard InChI is InChI=1S/BH3O3.ClHO.Na.H/c2-1(3)4;1-2;;/h2-4H;2H;;/q;;+1;-1. The van der Waals surface area contributed by atoms with Gasteiger partial charge in [0, 0.05) is 0 Å². The van der Waals surface area contributed by atoms with Crippen LogP contribution >= 0.6 is 11.9 Å². The smallest absolute Gasteiger partial charge is 1.00 e. The third-order valence-corrected chi connectivity index (χ3v) is 0. The quantitative estimate of drug-likeness (QED) is 0.253. The molecule has 0 spiro atoms. The van der Waals surface area contributed by atoms with Crippen molar-refractivity contribution in [3.63, 3.8) is 0 Å². The molecule has 0 aromatic rings. The van der Waals surface area contributed by atoms with Gasteiger partial charge in [0.05, 0.1) is 11.9 Å². The maximum atomic E-state index is 7.17. The summed E-state index contributed by atoms with van der Waals surface area (Å²) >= 11 is 3.64. The largest absolute Gasteiger partial charge is 1.00 e. The van der Waals surface area contributed by atoms with E-state index in [1.165, 1.54) is 0 Å². The average Bonchev–Trinajstić information content (AvgIpc) is 1.41. The van der Waals surface area contributed by atoms with Crippen molar-refractivity contribution < 1.29 is 50.7 Å². The monoisotopic (exact) mass is 138 g/mol. The summed E-state index contributed by atoms with van der Waals surface area (Å²) in [7, 11) is -2.17. The Balaban J connectivity index is -0.0000000183. The fourth-order valence-corrected chi connectivity index (χ4v) is 0.